The van der Waals surface area contributed by atoms with Crippen molar-refractivity contribution in [1.82, 2.24) is 0 Å². The van der Waals surface area contributed by atoms with E-state index in [1.54, 1.807) is 0 Å². The molecule has 2 heterocycles. The van der Waals surface area contributed by atoms with Crippen LogP contribution in [0.5, 0.6) is 0 Å². The molecular weight excluding hydrogens is 264 g/mol. The number of fused-ring (bicyclic) bond motifs is 2. The molecule has 0 bridgehead atoms. The van der Waals surface area contributed by atoms with Gasteiger partial charge in [0.15, 0.2) is 0 Å². The molecule has 0 radical (unpaired) electrons. The molecule has 98 valence electrons. The lowest BCUT2D eigenvalue weighted by Crippen LogP contribution is -1.83. The second kappa shape index (κ2) is 4.50. The van der Waals surface area contributed by atoms with E-state index < -0.39 is 0 Å². The molecule has 0 unspecified atom stereocenters. The Morgan fingerprint density at radius 3 is 2.75 bits per heavy atom. The molecule has 0 fully saturated rings. The summed E-state index contributed by atoms with van der Waals surface area (Å²) >= 11 is 1.87. The topological polar surface area (TPSA) is 13.1 Å². The van der Waals surface area contributed by atoms with Gasteiger partial charge in [0, 0.05) is 21.4 Å². The highest BCUT2D eigenvalue weighted by Crippen LogP contribution is 2.28. The van der Waals surface area contributed by atoms with Crippen molar-refractivity contribution in [2.45, 2.75) is 13.3 Å². The van der Waals surface area contributed by atoms with Crippen LogP contribution < -0.4 is 0 Å². The maximum absolute atomic E-state index is 5.71. The molecule has 20 heavy (non-hydrogen) atoms. The Kier molecular flexibility index (Phi) is 2.64. The van der Waals surface area contributed by atoms with Gasteiger partial charge in [-0.05, 0) is 42.1 Å². The van der Waals surface area contributed by atoms with Gasteiger partial charge in [-0.2, -0.15) is 0 Å². The van der Waals surface area contributed by atoms with Gasteiger partial charge < -0.3 is 4.42 Å². The van der Waals surface area contributed by atoms with E-state index in [9.17, 15) is 0 Å². The minimum atomic E-state index is 0.967. The Hall–Kier alpha value is -2.06. The number of hydrogen-bond donors (Lipinski definition) is 0. The molecule has 4 aromatic rings. The Morgan fingerprint density at radius 2 is 1.85 bits per heavy atom. The largest absolute Gasteiger partial charge is 0.461 e. The molecule has 0 aliphatic rings. The molecule has 2 aromatic carbocycles. The first kappa shape index (κ1) is 11.7. The van der Waals surface area contributed by atoms with Crippen LogP contribution in [0.15, 0.2) is 59.0 Å². The van der Waals surface area contributed by atoms with E-state index in [1.165, 1.54) is 25.9 Å². The van der Waals surface area contributed by atoms with Crippen LogP contribution in [0, 0.1) is 6.92 Å². The Bertz CT molecular complexity index is 865. The lowest BCUT2D eigenvalue weighted by atomic mass is 10.1. The van der Waals surface area contributed by atoms with Crippen molar-refractivity contribution >= 4 is 32.4 Å². The van der Waals surface area contributed by atoms with E-state index in [1.807, 2.05) is 18.3 Å². The van der Waals surface area contributed by atoms with Crippen LogP contribution in [0.1, 0.15) is 16.2 Å². The maximum atomic E-state index is 5.71. The van der Waals surface area contributed by atoms with Gasteiger partial charge in [-0.3, -0.25) is 0 Å². The standard InChI is InChI=1S/C18H14OS/c1-12-8-14-7-6-13(10-17(14)19-12)9-16-11-15-4-2-3-5-18(15)20-16/h2-8,10-11H,9H2,1H3. The number of thiophene rings is 1. The van der Waals surface area contributed by atoms with Crippen molar-refractivity contribution in [3.8, 4) is 0 Å². The molecule has 0 N–H and O–H groups in total. The minimum absolute atomic E-state index is 0.967. The first-order valence-electron chi connectivity index (χ1n) is 6.74. The summed E-state index contributed by atoms with van der Waals surface area (Å²) < 4.78 is 7.07. The number of aryl methyl sites for hydroxylation is 1. The zero-order valence-corrected chi connectivity index (χ0v) is 12.0. The smallest absolute Gasteiger partial charge is 0.134 e. The molecular formula is C18H14OS. The van der Waals surface area contributed by atoms with Crippen LogP contribution in [0.3, 0.4) is 0 Å². The number of hydrogen-bond acceptors (Lipinski definition) is 2. The van der Waals surface area contributed by atoms with Crippen molar-refractivity contribution in [2.24, 2.45) is 0 Å². The van der Waals surface area contributed by atoms with Gasteiger partial charge in [-0.15, -0.1) is 11.3 Å². The number of benzene rings is 2. The van der Waals surface area contributed by atoms with Gasteiger partial charge in [0.2, 0.25) is 0 Å². The van der Waals surface area contributed by atoms with Crippen LogP contribution in [0.2, 0.25) is 0 Å². The van der Waals surface area contributed by atoms with Crippen LogP contribution in [-0.4, -0.2) is 0 Å². The van der Waals surface area contributed by atoms with Crippen molar-refractivity contribution in [3.63, 3.8) is 0 Å². The molecule has 2 heteroatoms. The molecule has 0 aliphatic carbocycles. The fraction of sp³-hybridized carbons (Fsp3) is 0.111. The summed E-state index contributed by atoms with van der Waals surface area (Å²) in [7, 11) is 0. The molecule has 4 rings (SSSR count). The third kappa shape index (κ3) is 2.02. The summed E-state index contributed by atoms with van der Waals surface area (Å²) in [6.07, 6.45) is 0.967. The first-order chi connectivity index (χ1) is 9.78. The summed E-state index contributed by atoms with van der Waals surface area (Å²) in [4.78, 5) is 1.40. The summed E-state index contributed by atoms with van der Waals surface area (Å²) in [6.45, 7) is 1.99. The fourth-order valence-corrected chi connectivity index (χ4v) is 3.74. The van der Waals surface area contributed by atoms with E-state index in [4.69, 9.17) is 4.42 Å². The van der Waals surface area contributed by atoms with Crippen molar-refractivity contribution in [1.29, 1.82) is 0 Å². The molecule has 0 amide bonds. The lowest BCUT2D eigenvalue weighted by molar-refractivity contribution is 0.578. The highest BCUT2D eigenvalue weighted by molar-refractivity contribution is 7.19. The van der Waals surface area contributed by atoms with Crippen molar-refractivity contribution in [2.75, 3.05) is 0 Å². The third-order valence-electron chi connectivity index (χ3n) is 3.56. The Balaban J connectivity index is 1.72. The van der Waals surface area contributed by atoms with E-state index in [0.29, 0.717) is 0 Å². The highest BCUT2D eigenvalue weighted by Gasteiger charge is 2.05. The predicted octanol–water partition coefficient (Wildman–Crippen LogP) is 5.55. The average Bonchev–Trinajstić information content (AvgIpc) is 2.99. The molecule has 0 atom stereocenters. The molecule has 0 saturated heterocycles. The third-order valence-corrected chi connectivity index (χ3v) is 4.68. The van der Waals surface area contributed by atoms with Gasteiger partial charge in [-0.1, -0.05) is 30.3 Å². The van der Waals surface area contributed by atoms with Gasteiger partial charge >= 0.3 is 0 Å². The molecule has 0 aliphatic heterocycles. The highest BCUT2D eigenvalue weighted by atomic mass is 32.1. The Morgan fingerprint density at radius 1 is 0.950 bits per heavy atom. The quantitative estimate of drug-likeness (QED) is 0.469. The Labute approximate surface area is 121 Å². The average molecular weight is 278 g/mol. The number of rotatable bonds is 2. The van der Waals surface area contributed by atoms with Gasteiger partial charge in [0.05, 0.1) is 0 Å². The summed E-state index contributed by atoms with van der Waals surface area (Å²) in [5.41, 5.74) is 2.29. The summed E-state index contributed by atoms with van der Waals surface area (Å²) in [5.74, 6) is 0.971. The van der Waals surface area contributed by atoms with Crippen LogP contribution in [0.25, 0.3) is 21.1 Å². The maximum Gasteiger partial charge on any atom is 0.134 e. The summed E-state index contributed by atoms with van der Waals surface area (Å²) in [6, 6.07) is 19.4. The van der Waals surface area contributed by atoms with Gasteiger partial charge in [0.1, 0.15) is 11.3 Å². The van der Waals surface area contributed by atoms with E-state index in [-0.39, 0.29) is 0 Å². The van der Waals surface area contributed by atoms with Crippen molar-refractivity contribution in [3.05, 3.63) is 70.8 Å². The van der Waals surface area contributed by atoms with E-state index in [2.05, 4.69) is 54.6 Å². The second-order valence-corrected chi connectivity index (χ2v) is 6.32. The predicted molar refractivity (Wildman–Crippen MR) is 85.6 cm³/mol. The SMILES string of the molecule is Cc1cc2ccc(Cc3cc4ccccc4s3)cc2o1. The molecule has 1 nitrogen and oxygen atoms in total. The van der Waals surface area contributed by atoms with Gasteiger partial charge in [0.25, 0.3) is 0 Å². The lowest BCUT2D eigenvalue weighted by Gasteiger charge is -1.98. The first-order valence-corrected chi connectivity index (χ1v) is 7.56. The number of furan rings is 1. The van der Waals surface area contributed by atoms with Gasteiger partial charge in [-0.25, -0.2) is 0 Å². The van der Waals surface area contributed by atoms with Crippen molar-refractivity contribution < 1.29 is 4.42 Å². The van der Waals surface area contributed by atoms with E-state index >= 15 is 0 Å². The van der Waals surface area contributed by atoms with Crippen LogP contribution in [0.4, 0.5) is 0 Å². The fourth-order valence-electron chi connectivity index (χ4n) is 2.64. The van der Waals surface area contributed by atoms with E-state index in [0.717, 1.165) is 17.8 Å². The normalized spacial score (nSPS) is 11.4. The summed E-state index contributed by atoms with van der Waals surface area (Å²) in [5, 5.41) is 2.52. The molecule has 0 saturated carbocycles. The van der Waals surface area contributed by atoms with Crippen LogP contribution in [-0.2, 0) is 6.42 Å². The second-order valence-electron chi connectivity index (χ2n) is 5.16. The zero-order chi connectivity index (χ0) is 13.5. The van der Waals surface area contributed by atoms with Crippen LogP contribution >= 0.6 is 11.3 Å². The molecule has 0 spiro atoms. The zero-order valence-electron chi connectivity index (χ0n) is 11.2. The monoisotopic (exact) mass is 278 g/mol. The minimum Gasteiger partial charge on any atom is -0.461 e. The molecule has 2 aromatic heterocycles.